The third-order valence-corrected chi connectivity index (χ3v) is 2.57. The van der Waals surface area contributed by atoms with E-state index in [0.717, 1.165) is 5.56 Å². The number of esters is 1. The Balaban J connectivity index is 2.60. The zero-order valence-electron chi connectivity index (χ0n) is 10.0. The van der Waals surface area contributed by atoms with Crippen molar-refractivity contribution in [3.8, 4) is 0 Å². The topological polar surface area (TPSA) is 89.7 Å². The van der Waals surface area contributed by atoms with Crippen LogP contribution in [0.3, 0.4) is 0 Å². The van der Waals surface area contributed by atoms with E-state index in [2.05, 4.69) is 0 Å². The summed E-state index contributed by atoms with van der Waals surface area (Å²) in [6, 6.07) is 8.90. The molecule has 1 aromatic rings. The van der Waals surface area contributed by atoms with E-state index in [0.29, 0.717) is 0 Å². The molecule has 1 unspecified atom stereocenters. The summed E-state index contributed by atoms with van der Waals surface area (Å²) in [6.07, 6.45) is -0.0679. The lowest BCUT2D eigenvalue weighted by Crippen LogP contribution is -2.45. The summed E-state index contributed by atoms with van der Waals surface area (Å²) >= 11 is 0. The number of hydrogen-bond acceptors (Lipinski definition) is 5. The minimum absolute atomic E-state index is 0.0142. The molecule has 1 atom stereocenters. The van der Waals surface area contributed by atoms with Crippen LogP contribution in [0.2, 0.25) is 0 Å². The fourth-order valence-electron chi connectivity index (χ4n) is 1.39. The van der Waals surface area contributed by atoms with E-state index in [9.17, 15) is 20.0 Å². The van der Waals surface area contributed by atoms with Crippen LogP contribution in [0.4, 0.5) is 0 Å². The lowest BCUT2D eigenvalue weighted by Gasteiger charge is -2.20. The van der Waals surface area contributed by atoms with Gasteiger partial charge in [0.15, 0.2) is 0 Å². The van der Waals surface area contributed by atoms with Crippen LogP contribution in [0.15, 0.2) is 30.3 Å². The summed E-state index contributed by atoms with van der Waals surface area (Å²) in [7, 11) is 0. The van der Waals surface area contributed by atoms with Gasteiger partial charge in [-0.3, -0.25) is 10.1 Å². The fourth-order valence-corrected chi connectivity index (χ4v) is 1.39. The molecule has 1 N–H and O–H groups in total. The normalized spacial score (nSPS) is 13.7. The Morgan fingerprint density at radius 2 is 2.06 bits per heavy atom. The Morgan fingerprint density at radius 3 is 2.56 bits per heavy atom. The Hall–Kier alpha value is -1.95. The quantitative estimate of drug-likeness (QED) is 0.466. The molecular weight excluding hydrogens is 238 g/mol. The van der Waals surface area contributed by atoms with Gasteiger partial charge in [0.25, 0.3) is 0 Å². The molecule has 0 saturated heterocycles. The predicted octanol–water partition coefficient (Wildman–Crippen LogP) is 1.15. The minimum atomic E-state index is -2.06. The number of carbonyl (C=O) groups excluding carboxylic acids is 1. The van der Waals surface area contributed by atoms with E-state index in [-0.39, 0.29) is 13.0 Å². The number of carbonyl (C=O) groups is 1. The summed E-state index contributed by atoms with van der Waals surface area (Å²) in [5.74, 6) is -0.967. The van der Waals surface area contributed by atoms with Crippen molar-refractivity contribution >= 4 is 5.97 Å². The molecule has 0 aliphatic carbocycles. The Morgan fingerprint density at radius 1 is 1.44 bits per heavy atom. The largest absolute Gasteiger partial charge is 0.458 e. The summed E-state index contributed by atoms with van der Waals surface area (Å²) in [5, 5.41) is 20.2. The minimum Gasteiger partial charge on any atom is -0.458 e. The molecule has 0 spiro atoms. The Labute approximate surface area is 104 Å². The van der Waals surface area contributed by atoms with Crippen LogP contribution in [0.1, 0.15) is 18.9 Å². The summed E-state index contributed by atoms with van der Waals surface area (Å²) in [4.78, 5) is 21.3. The van der Waals surface area contributed by atoms with Crippen LogP contribution in [0, 0.1) is 10.1 Å². The van der Waals surface area contributed by atoms with E-state index in [1.54, 1.807) is 24.3 Å². The van der Waals surface area contributed by atoms with Gasteiger partial charge in [-0.2, -0.15) is 0 Å². The number of nitrogens with zero attached hydrogens (tertiary/aromatic N) is 1. The molecule has 0 radical (unpaired) electrons. The number of benzene rings is 1. The van der Waals surface area contributed by atoms with E-state index in [1.807, 2.05) is 6.07 Å². The van der Waals surface area contributed by atoms with Crippen molar-refractivity contribution in [3.05, 3.63) is 46.0 Å². The highest BCUT2D eigenvalue weighted by molar-refractivity contribution is 5.79. The second kappa shape index (κ2) is 6.11. The van der Waals surface area contributed by atoms with Crippen molar-refractivity contribution in [1.82, 2.24) is 0 Å². The molecule has 0 amide bonds. The van der Waals surface area contributed by atoms with Crippen molar-refractivity contribution in [2.45, 2.75) is 25.6 Å². The average Bonchev–Trinajstić information content (AvgIpc) is 2.36. The maximum atomic E-state index is 11.6. The van der Waals surface area contributed by atoms with E-state index < -0.39 is 23.0 Å². The zero-order chi connectivity index (χ0) is 13.6. The molecule has 6 nitrogen and oxygen atoms in total. The van der Waals surface area contributed by atoms with Crippen molar-refractivity contribution in [1.29, 1.82) is 0 Å². The van der Waals surface area contributed by atoms with Crippen LogP contribution in [-0.2, 0) is 16.1 Å². The van der Waals surface area contributed by atoms with Crippen molar-refractivity contribution in [2.75, 3.05) is 6.54 Å². The number of hydrogen-bond donors (Lipinski definition) is 1. The van der Waals surface area contributed by atoms with Gasteiger partial charge in [-0.1, -0.05) is 37.3 Å². The van der Waals surface area contributed by atoms with Gasteiger partial charge in [0.05, 0.1) is 0 Å². The molecule has 98 valence electrons. The first-order valence-corrected chi connectivity index (χ1v) is 5.53. The van der Waals surface area contributed by atoms with Crippen LogP contribution in [-0.4, -0.2) is 28.1 Å². The third kappa shape index (κ3) is 3.81. The molecule has 1 aromatic carbocycles. The standard InChI is InChI=1S/C12H15NO5/c1-2-12(15,9-13(16)17)11(14)18-8-10-6-4-3-5-7-10/h3-7,15H,2,8-9H2,1H3. The molecule has 0 saturated carbocycles. The van der Waals surface area contributed by atoms with Crippen LogP contribution < -0.4 is 0 Å². The number of aliphatic hydroxyl groups is 1. The molecule has 0 aliphatic heterocycles. The third-order valence-electron chi connectivity index (χ3n) is 2.57. The van der Waals surface area contributed by atoms with Gasteiger partial charge in [-0.05, 0) is 12.0 Å². The van der Waals surface area contributed by atoms with Crippen LogP contribution in [0.5, 0.6) is 0 Å². The first kappa shape index (κ1) is 14.1. The van der Waals surface area contributed by atoms with Gasteiger partial charge in [-0.25, -0.2) is 4.79 Å². The van der Waals surface area contributed by atoms with Gasteiger partial charge in [-0.15, -0.1) is 0 Å². The van der Waals surface area contributed by atoms with Crippen molar-refractivity contribution in [3.63, 3.8) is 0 Å². The predicted molar refractivity (Wildman–Crippen MR) is 63.3 cm³/mol. The average molecular weight is 253 g/mol. The monoisotopic (exact) mass is 253 g/mol. The fraction of sp³-hybridized carbons (Fsp3) is 0.417. The molecule has 18 heavy (non-hydrogen) atoms. The highest BCUT2D eigenvalue weighted by Gasteiger charge is 2.41. The molecule has 0 bridgehead atoms. The van der Waals surface area contributed by atoms with Gasteiger partial charge in [0, 0.05) is 4.92 Å². The molecule has 0 fully saturated rings. The molecule has 0 heterocycles. The van der Waals surface area contributed by atoms with E-state index >= 15 is 0 Å². The van der Waals surface area contributed by atoms with Crippen LogP contribution in [0.25, 0.3) is 0 Å². The zero-order valence-corrected chi connectivity index (χ0v) is 10.0. The number of rotatable bonds is 6. The smallest absolute Gasteiger partial charge is 0.345 e. The molecular formula is C12H15NO5. The molecule has 6 heteroatoms. The maximum Gasteiger partial charge on any atom is 0.345 e. The van der Waals surface area contributed by atoms with Crippen LogP contribution >= 0.6 is 0 Å². The van der Waals surface area contributed by atoms with Crippen molar-refractivity contribution in [2.24, 2.45) is 0 Å². The van der Waals surface area contributed by atoms with E-state index in [1.165, 1.54) is 6.92 Å². The Bertz CT molecular complexity index is 420. The second-order valence-electron chi connectivity index (χ2n) is 3.94. The summed E-state index contributed by atoms with van der Waals surface area (Å²) in [5.41, 5.74) is -1.30. The Kier molecular flexibility index (Phi) is 4.79. The first-order chi connectivity index (χ1) is 8.48. The lowest BCUT2D eigenvalue weighted by atomic mass is 10.0. The maximum absolute atomic E-state index is 11.6. The molecule has 0 aromatic heterocycles. The summed E-state index contributed by atoms with van der Waals surface area (Å²) in [6.45, 7) is 0.629. The lowest BCUT2D eigenvalue weighted by molar-refractivity contribution is -0.497. The SMILES string of the molecule is CCC(O)(C[N+](=O)[O-])C(=O)OCc1ccccc1. The van der Waals surface area contributed by atoms with Gasteiger partial charge < -0.3 is 9.84 Å². The van der Waals surface area contributed by atoms with Gasteiger partial charge >= 0.3 is 5.97 Å². The van der Waals surface area contributed by atoms with Gasteiger partial charge in [0.1, 0.15) is 6.61 Å². The van der Waals surface area contributed by atoms with Gasteiger partial charge in [0.2, 0.25) is 12.1 Å². The number of ether oxygens (including phenoxy) is 1. The highest BCUT2D eigenvalue weighted by atomic mass is 16.6. The molecule has 1 rings (SSSR count). The number of nitro groups is 1. The summed E-state index contributed by atoms with van der Waals surface area (Å²) < 4.78 is 4.89. The highest BCUT2D eigenvalue weighted by Crippen LogP contribution is 2.14. The van der Waals surface area contributed by atoms with E-state index in [4.69, 9.17) is 4.74 Å². The first-order valence-electron chi connectivity index (χ1n) is 5.53. The second-order valence-corrected chi connectivity index (χ2v) is 3.94. The molecule has 0 aliphatic rings. The van der Waals surface area contributed by atoms with Crippen molar-refractivity contribution < 1.29 is 19.6 Å².